The van der Waals surface area contributed by atoms with Crippen LogP contribution >= 0.6 is 24.8 Å². The molecule has 0 fully saturated rings. The number of nitrogens with one attached hydrogen (secondary N) is 1. The molecule has 2 N–H and O–H groups in total. The van der Waals surface area contributed by atoms with E-state index in [9.17, 15) is 9.59 Å². The number of halogens is 2. The van der Waals surface area contributed by atoms with Gasteiger partial charge in [-0.25, -0.2) is 4.79 Å². The fourth-order valence-electron chi connectivity index (χ4n) is 2.52. The predicted molar refractivity (Wildman–Crippen MR) is 108 cm³/mol. The van der Waals surface area contributed by atoms with Crippen LogP contribution in [0.15, 0.2) is 54.6 Å². The van der Waals surface area contributed by atoms with Crippen molar-refractivity contribution in [1.29, 1.82) is 0 Å². The Labute approximate surface area is 166 Å². The zero-order valence-electron chi connectivity index (χ0n) is 14.7. The third-order valence-electron chi connectivity index (χ3n) is 3.76. The molecule has 0 aliphatic carbocycles. The number of carbonyl (C=O) groups is 2. The van der Waals surface area contributed by atoms with Crippen LogP contribution in [0, 0.1) is 0 Å². The van der Waals surface area contributed by atoms with Gasteiger partial charge in [-0.3, -0.25) is 4.79 Å². The molecule has 0 radical (unpaired) electrons. The van der Waals surface area contributed by atoms with Gasteiger partial charge in [0.2, 0.25) is 5.91 Å². The summed E-state index contributed by atoms with van der Waals surface area (Å²) in [7, 11) is 2.01. The molecule has 5 nitrogen and oxygen atoms in total. The highest BCUT2D eigenvalue weighted by atomic mass is 35.5. The molecule has 0 bridgehead atoms. The van der Waals surface area contributed by atoms with Crippen LogP contribution in [-0.4, -0.2) is 30.1 Å². The molecule has 2 aromatic rings. The predicted octanol–water partition coefficient (Wildman–Crippen LogP) is 3.30. The van der Waals surface area contributed by atoms with Crippen molar-refractivity contribution < 1.29 is 14.7 Å². The average Bonchev–Trinajstić information content (AvgIpc) is 2.55. The largest absolute Gasteiger partial charge is 0.480 e. The van der Waals surface area contributed by atoms with Crippen LogP contribution in [0.2, 0.25) is 0 Å². The second kappa shape index (κ2) is 11.4. The third-order valence-corrected chi connectivity index (χ3v) is 3.76. The Morgan fingerprint density at radius 1 is 1.00 bits per heavy atom. The Kier molecular flexibility index (Phi) is 10.4. The SMILES string of the molecule is CC(=O)N[C@@H](Cc1ccc(N(C)Cc2ccccc2)cc1)C(=O)O.Cl.Cl. The molecular weight excluding hydrogens is 375 g/mol. The van der Waals surface area contributed by atoms with Crippen molar-refractivity contribution in [2.45, 2.75) is 25.9 Å². The van der Waals surface area contributed by atoms with Crippen molar-refractivity contribution in [3.63, 3.8) is 0 Å². The first-order valence-electron chi connectivity index (χ1n) is 7.79. The smallest absolute Gasteiger partial charge is 0.326 e. The average molecular weight is 399 g/mol. The van der Waals surface area contributed by atoms with Gasteiger partial charge in [0.1, 0.15) is 6.04 Å². The van der Waals surface area contributed by atoms with Crippen molar-refractivity contribution in [1.82, 2.24) is 5.32 Å². The van der Waals surface area contributed by atoms with Crippen molar-refractivity contribution in [3.05, 3.63) is 65.7 Å². The highest BCUT2D eigenvalue weighted by Gasteiger charge is 2.18. The minimum Gasteiger partial charge on any atom is -0.480 e. The molecule has 1 atom stereocenters. The van der Waals surface area contributed by atoms with Crippen molar-refractivity contribution >= 4 is 42.4 Å². The van der Waals surface area contributed by atoms with Crippen LogP contribution in [0.4, 0.5) is 5.69 Å². The van der Waals surface area contributed by atoms with Crippen molar-refractivity contribution in [2.24, 2.45) is 0 Å². The molecular formula is C19H24Cl2N2O3. The molecule has 26 heavy (non-hydrogen) atoms. The Morgan fingerprint density at radius 2 is 1.58 bits per heavy atom. The standard InChI is InChI=1S/C19H22N2O3.2ClH/c1-14(22)20-18(19(23)24)12-15-8-10-17(11-9-15)21(2)13-16-6-4-3-5-7-16;;/h3-11,18H,12-13H2,1-2H3,(H,20,22)(H,23,24);2*1H/t18-;;/m0../s1. The number of amides is 1. The zero-order valence-corrected chi connectivity index (χ0v) is 16.3. The van der Waals surface area contributed by atoms with E-state index in [2.05, 4.69) is 22.3 Å². The van der Waals surface area contributed by atoms with E-state index in [1.807, 2.05) is 49.5 Å². The first-order chi connectivity index (χ1) is 11.5. The molecule has 0 spiro atoms. The quantitative estimate of drug-likeness (QED) is 0.750. The molecule has 0 aromatic heterocycles. The summed E-state index contributed by atoms with van der Waals surface area (Å²) in [5.74, 6) is -1.38. The maximum absolute atomic E-state index is 11.2. The lowest BCUT2D eigenvalue weighted by molar-refractivity contribution is -0.141. The number of aliphatic carboxylic acids is 1. The monoisotopic (exact) mass is 398 g/mol. The summed E-state index contributed by atoms with van der Waals surface area (Å²) >= 11 is 0. The van der Waals surface area contributed by atoms with E-state index in [0.29, 0.717) is 0 Å². The van der Waals surface area contributed by atoms with Crippen LogP contribution in [0.1, 0.15) is 18.1 Å². The highest BCUT2D eigenvalue weighted by Crippen LogP contribution is 2.17. The summed E-state index contributed by atoms with van der Waals surface area (Å²) in [5, 5.41) is 11.6. The van der Waals surface area contributed by atoms with E-state index >= 15 is 0 Å². The molecule has 0 saturated carbocycles. The third kappa shape index (κ3) is 7.33. The van der Waals surface area contributed by atoms with Gasteiger partial charge in [-0.1, -0.05) is 42.5 Å². The van der Waals surface area contributed by atoms with Gasteiger partial charge in [-0.15, -0.1) is 24.8 Å². The Balaban J connectivity index is 0.00000312. The number of anilines is 1. The minimum atomic E-state index is -1.03. The minimum absolute atomic E-state index is 0. The van der Waals surface area contributed by atoms with Gasteiger partial charge < -0.3 is 15.3 Å². The van der Waals surface area contributed by atoms with E-state index in [1.54, 1.807) is 0 Å². The van der Waals surface area contributed by atoms with Gasteiger partial charge in [0.05, 0.1) is 0 Å². The summed E-state index contributed by atoms with van der Waals surface area (Å²) in [4.78, 5) is 24.4. The maximum atomic E-state index is 11.2. The Morgan fingerprint density at radius 3 is 2.08 bits per heavy atom. The molecule has 0 saturated heterocycles. The second-order valence-electron chi connectivity index (χ2n) is 5.80. The Hall–Kier alpha value is -2.24. The van der Waals surface area contributed by atoms with Gasteiger partial charge >= 0.3 is 5.97 Å². The molecule has 7 heteroatoms. The van der Waals surface area contributed by atoms with Crippen LogP contribution in [-0.2, 0) is 22.6 Å². The van der Waals surface area contributed by atoms with E-state index in [-0.39, 0.29) is 37.1 Å². The van der Waals surface area contributed by atoms with Crippen LogP contribution < -0.4 is 10.2 Å². The highest BCUT2D eigenvalue weighted by molar-refractivity contribution is 5.85. The van der Waals surface area contributed by atoms with Gasteiger partial charge in [0, 0.05) is 32.6 Å². The molecule has 2 rings (SSSR count). The molecule has 142 valence electrons. The van der Waals surface area contributed by atoms with Crippen LogP contribution in [0.25, 0.3) is 0 Å². The van der Waals surface area contributed by atoms with Gasteiger partial charge in [0.25, 0.3) is 0 Å². The summed E-state index contributed by atoms with van der Waals surface area (Å²) in [6.07, 6.45) is 0.262. The van der Waals surface area contributed by atoms with Gasteiger partial charge in [-0.05, 0) is 23.3 Å². The topological polar surface area (TPSA) is 69.6 Å². The fourth-order valence-corrected chi connectivity index (χ4v) is 2.52. The first-order valence-corrected chi connectivity index (χ1v) is 7.79. The summed E-state index contributed by atoms with van der Waals surface area (Å²) in [6, 6.07) is 17.0. The van der Waals surface area contributed by atoms with Gasteiger partial charge in [-0.2, -0.15) is 0 Å². The van der Waals surface area contributed by atoms with E-state index < -0.39 is 12.0 Å². The lowest BCUT2D eigenvalue weighted by Gasteiger charge is -2.20. The number of benzene rings is 2. The van der Waals surface area contributed by atoms with Crippen molar-refractivity contribution in [3.8, 4) is 0 Å². The number of carboxylic acid groups (broad SMARTS) is 1. The molecule has 0 heterocycles. The Bertz CT molecular complexity index is 694. The lowest BCUT2D eigenvalue weighted by Crippen LogP contribution is -2.41. The van der Waals surface area contributed by atoms with E-state index in [0.717, 1.165) is 17.8 Å². The number of hydrogen-bond acceptors (Lipinski definition) is 3. The maximum Gasteiger partial charge on any atom is 0.326 e. The zero-order chi connectivity index (χ0) is 17.5. The summed E-state index contributed by atoms with van der Waals surface area (Å²) < 4.78 is 0. The van der Waals surface area contributed by atoms with Crippen LogP contribution in [0.3, 0.4) is 0 Å². The number of rotatable bonds is 7. The number of carboxylic acids is 1. The fraction of sp³-hybridized carbons (Fsp3) is 0.263. The van der Waals surface area contributed by atoms with Gasteiger partial charge in [0.15, 0.2) is 0 Å². The number of hydrogen-bond donors (Lipinski definition) is 2. The molecule has 0 aliphatic heterocycles. The molecule has 1 amide bonds. The second-order valence-corrected chi connectivity index (χ2v) is 5.80. The van der Waals surface area contributed by atoms with Crippen LogP contribution in [0.5, 0.6) is 0 Å². The van der Waals surface area contributed by atoms with E-state index in [4.69, 9.17) is 5.11 Å². The summed E-state index contributed by atoms with van der Waals surface area (Å²) in [5.41, 5.74) is 3.14. The van der Waals surface area contributed by atoms with E-state index in [1.165, 1.54) is 12.5 Å². The molecule has 0 unspecified atom stereocenters. The first kappa shape index (κ1) is 23.8. The summed E-state index contributed by atoms with van der Waals surface area (Å²) in [6.45, 7) is 2.11. The lowest BCUT2D eigenvalue weighted by atomic mass is 10.1. The number of carbonyl (C=O) groups excluding carboxylic acids is 1. The molecule has 0 aliphatic rings. The van der Waals surface area contributed by atoms with Crippen molar-refractivity contribution in [2.75, 3.05) is 11.9 Å². The molecule has 2 aromatic carbocycles. The normalized spacial score (nSPS) is 10.7. The number of nitrogens with zero attached hydrogens (tertiary/aromatic N) is 1.